The molecule has 9 rings (SSSR count). The van der Waals surface area contributed by atoms with Gasteiger partial charge >= 0.3 is 23.9 Å². The van der Waals surface area contributed by atoms with Gasteiger partial charge in [0.25, 0.3) is 0 Å². The minimum Gasteiger partial charge on any atom is -0.466 e. The van der Waals surface area contributed by atoms with Crippen molar-refractivity contribution in [3.8, 4) is 0 Å². The van der Waals surface area contributed by atoms with E-state index in [-0.39, 0.29) is 44.5 Å². The number of azide groups is 3. The molecule has 0 aliphatic heterocycles. The van der Waals surface area contributed by atoms with Gasteiger partial charge in [-0.25, -0.2) is 19.1 Å². The van der Waals surface area contributed by atoms with Crippen LogP contribution in [0.5, 0.6) is 0 Å². The Kier molecular flexibility index (Phi) is 33.3. The van der Waals surface area contributed by atoms with Crippen LogP contribution < -0.4 is 0 Å². The summed E-state index contributed by atoms with van der Waals surface area (Å²) >= 11 is 0. The van der Waals surface area contributed by atoms with Crippen LogP contribution in [0.15, 0.2) is 198 Å². The number of carbonyl (C=O) groups excluding carboxylic acids is 5. The van der Waals surface area contributed by atoms with Gasteiger partial charge in [0.05, 0.1) is 56.8 Å². The van der Waals surface area contributed by atoms with E-state index in [2.05, 4.69) is 109 Å². The highest BCUT2D eigenvalue weighted by Gasteiger charge is 2.15. The average molecular weight is 1250 g/mol. The van der Waals surface area contributed by atoms with E-state index in [0.717, 1.165) is 56.1 Å². The summed E-state index contributed by atoms with van der Waals surface area (Å²) < 4.78 is 26.3. The molecule has 0 aliphatic rings. The van der Waals surface area contributed by atoms with Crippen LogP contribution >= 0.6 is 0 Å². The molecule has 5 heterocycles. The summed E-state index contributed by atoms with van der Waals surface area (Å²) in [5, 5.41) is 27.6. The van der Waals surface area contributed by atoms with Crippen molar-refractivity contribution in [3.05, 3.63) is 258 Å². The predicted molar refractivity (Wildman–Crippen MR) is 348 cm³/mol. The molecule has 27 heteroatoms. The molecule has 0 bridgehead atoms. The van der Waals surface area contributed by atoms with Crippen LogP contribution in [0.25, 0.3) is 54.5 Å². The highest BCUT2D eigenvalue weighted by atomic mass is 16.5. The number of benzene rings is 4. The summed E-state index contributed by atoms with van der Waals surface area (Å²) in [7, 11) is 0. The van der Waals surface area contributed by atoms with Crippen LogP contribution in [0, 0.1) is 0 Å². The van der Waals surface area contributed by atoms with Crippen molar-refractivity contribution < 1.29 is 42.9 Å². The summed E-state index contributed by atoms with van der Waals surface area (Å²) in [6, 6.07) is 42.5. The van der Waals surface area contributed by atoms with Gasteiger partial charge in [0.1, 0.15) is 29.3 Å². The fourth-order valence-corrected chi connectivity index (χ4v) is 8.09. The largest absolute Gasteiger partial charge is 0.466 e. The van der Waals surface area contributed by atoms with Crippen molar-refractivity contribution in [2.45, 2.75) is 87.0 Å². The summed E-state index contributed by atoms with van der Waals surface area (Å²) in [5.41, 5.74) is 32.9. The molecular formula is C65H74N18O9. The lowest BCUT2D eigenvalue weighted by Gasteiger charge is -2.03. The SMILES string of the molecule is C.CCOC(=O)/C(=C/c1cnn(CCc2ccccc2)c1)N=[N+]=[N-].CCOC(=O)/C(=C/c1cnn(CCc2ccccc2)c1)N=[N+]=[N-].CCOC(=O)CN=[N+]=[N-].CCOC(=O)c1cc2cnn(CCc3ccccc3)c2[nH]1.O=Cc1cnn(CCc2ccccc2)c1. The Morgan fingerprint density at radius 3 is 1.27 bits per heavy atom. The Balaban J connectivity index is 0.000000252. The normalized spacial score (nSPS) is 10.3. The fraction of sp³-hybridized carbons (Fsp3) is 0.277. The zero-order valence-electron chi connectivity index (χ0n) is 50.9. The van der Waals surface area contributed by atoms with E-state index in [0.29, 0.717) is 48.7 Å². The number of aromatic amines is 1. The van der Waals surface area contributed by atoms with Crippen molar-refractivity contribution in [3.63, 3.8) is 0 Å². The zero-order valence-corrected chi connectivity index (χ0v) is 50.9. The Morgan fingerprint density at radius 2 is 0.902 bits per heavy atom. The van der Waals surface area contributed by atoms with Crippen molar-refractivity contribution in [1.82, 2.24) is 44.1 Å². The number of aromatic nitrogens is 9. The smallest absolute Gasteiger partial charge is 0.354 e. The van der Waals surface area contributed by atoms with Gasteiger partial charge in [0, 0.05) is 76.0 Å². The fourth-order valence-electron chi connectivity index (χ4n) is 8.09. The number of rotatable bonds is 26. The number of nitrogens with one attached hydrogen (secondary N) is 1. The van der Waals surface area contributed by atoms with Crippen LogP contribution in [0.1, 0.15) is 89.3 Å². The van der Waals surface area contributed by atoms with Gasteiger partial charge in [-0.2, -0.15) is 20.4 Å². The van der Waals surface area contributed by atoms with Crippen LogP contribution in [0.2, 0.25) is 0 Å². The highest BCUT2D eigenvalue weighted by molar-refractivity contribution is 5.94. The van der Waals surface area contributed by atoms with E-state index >= 15 is 0 Å². The molecule has 0 aliphatic carbocycles. The summed E-state index contributed by atoms with van der Waals surface area (Å²) in [5.74, 6) is -2.12. The maximum atomic E-state index is 11.7. The molecule has 1 N–H and O–H groups in total. The molecule has 0 saturated carbocycles. The topological polar surface area (TPSA) is 356 Å². The van der Waals surface area contributed by atoms with Crippen molar-refractivity contribution in [2.75, 3.05) is 33.0 Å². The summed E-state index contributed by atoms with van der Waals surface area (Å²) in [6.07, 6.45) is 19.2. The molecule has 27 nitrogen and oxygen atoms in total. The third-order valence-corrected chi connectivity index (χ3v) is 12.3. The van der Waals surface area contributed by atoms with E-state index < -0.39 is 17.9 Å². The average Bonchev–Trinajstić information content (AvgIpc) is 1.69. The first-order valence-corrected chi connectivity index (χ1v) is 28.9. The van der Waals surface area contributed by atoms with Gasteiger partial charge in [0.15, 0.2) is 6.29 Å². The monoisotopic (exact) mass is 1250 g/mol. The quantitative estimate of drug-likeness (QED) is 0.0100. The molecule has 0 unspecified atom stereocenters. The Morgan fingerprint density at radius 1 is 0.511 bits per heavy atom. The lowest BCUT2D eigenvalue weighted by atomic mass is 10.1. The Bertz CT molecular complexity index is 3770. The first kappa shape index (κ1) is 72.7. The van der Waals surface area contributed by atoms with Crippen LogP contribution in [0.4, 0.5) is 0 Å². The van der Waals surface area contributed by atoms with Gasteiger partial charge in [-0.3, -0.25) is 23.6 Å². The maximum absolute atomic E-state index is 11.7. The van der Waals surface area contributed by atoms with Crippen LogP contribution in [-0.4, -0.2) is 107 Å². The standard InChI is InChI=1S/2C16H17N5O2.C16H17N3O2.C12H12N2O.C4H7N3O2.CH4/c2*1-2-23-16(22)15(19-20-17)10-14-11-18-21(12-14)9-8-13-6-4-3-5-7-13;1-2-21-16(20)14-10-13-11-17-19(15(13)18-14)9-8-12-6-4-3-5-7-12;15-10-12-8-13-14(9-12)7-6-11-4-2-1-3-5-11;1-2-9-4(8)3-6-7-5;/h2*3-7,10-12H,2,8-9H2,1H3;3-7,10-11,18H,2,8-9H2,1H3;1-5,8-10H,6-7H2;2-3H2,1H3;1H4/b2*15-10-;;;;. The molecule has 92 heavy (non-hydrogen) atoms. The second kappa shape index (κ2) is 42.2. The van der Waals surface area contributed by atoms with Gasteiger partial charge < -0.3 is 23.9 Å². The molecule has 0 saturated heterocycles. The summed E-state index contributed by atoms with van der Waals surface area (Å²) in [4.78, 5) is 66.6. The lowest BCUT2D eigenvalue weighted by molar-refractivity contribution is -0.141. The number of carbonyl (C=O) groups is 5. The number of hydrogen-bond acceptors (Lipinski definition) is 16. The number of ether oxygens (including phenoxy) is 4. The van der Waals surface area contributed by atoms with Gasteiger partial charge in [-0.15, -0.1) is 0 Å². The number of aryl methyl sites for hydroxylation is 8. The predicted octanol–water partition coefficient (Wildman–Crippen LogP) is 12.9. The second-order valence-corrected chi connectivity index (χ2v) is 18.8. The Labute approximate surface area is 531 Å². The first-order chi connectivity index (χ1) is 44.4. The molecule has 0 atom stereocenters. The van der Waals surface area contributed by atoms with E-state index in [1.165, 1.54) is 34.4 Å². The summed E-state index contributed by atoms with van der Waals surface area (Å²) in [6.45, 7) is 10.8. The molecule has 4 aromatic carbocycles. The maximum Gasteiger partial charge on any atom is 0.354 e. The molecule has 478 valence electrons. The molecule has 0 radical (unpaired) electrons. The molecular weight excluding hydrogens is 1180 g/mol. The zero-order chi connectivity index (χ0) is 65.3. The van der Waals surface area contributed by atoms with Crippen molar-refractivity contribution in [2.24, 2.45) is 15.3 Å². The molecule has 0 fully saturated rings. The number of aldehydes is 1. The van der Waals surface area contributed by atoms with E-state index in [9.17, 15) is 24.0 Å². The van der Waals surface area contributed by atoms with Gasteiger partial charge in [-0.1, -0.05) is 144 Å². The number of hydrogen-bond donors (Lipinski definition) is 1. The Hall–Kier alpha value is -11.8. The van der Waals surface area contributed by atoms with Crippen molar-refractivity contribution >= 4 is 53.3 Å². The van der Waals surface area contributed by atoms with Gasteiger partial charge in [-0.05, 0) is 110 Å². The third kappa shape index (κ3) is 26.7. The number of fused-ring (bicyclic) bond motifs is 1. The number of esters is 4. The van der Waals surface area contributed by atoms with E-state index in [1.54, 1.807) is 91.2 Å². The molecule has 9 aromatic rings. The highest BCUT2D eigenvalue weighted by Crippen LogP contribution is 2.17. The van der Waals surface area contributed by atoms with Crippen molar-refractivity contribution in [1.29, 1.82) is 0 Å². The van der Waals surface area contributed by atoms with E-state index in [1.807, 2.05) is 77.5 Å². The van der Waals surface area contributed by atoms with E-state index in [4.69, 9.17) is 30.8 Å². The minimum absolute atomic E-state index is 0. The van der Waals surface area contributed by atoms with Crippen LogP contribution in [0.3, 0.4) is 0 Å². The minimum atomic E-state index is -0.651. The second-order valence-electron chi connectivity index (χ2n) is 18.8. The number of nitrogens with zero attached hydrogens (tertiary/aromatic N) is 17. The lowest BCUT2D eigenvalue weighted by Crippen LogP contribution is -2.06. The number of H-pyrrole nitrogens is 1. The first-order valence-electron chi connectivity index (χ1n) is 28.9. The molecule has 5 aromatic heterocycles. The third-order valence-electron chi connectivity index (χ3n) is 12.3. The van der Waals surface area contributed by atoms with Gasteiger partial charge in [0.2, 0.25) is 0 Å². The van der Waals surface area contributed by atoms with Crippen LogP contribution in [-0.2, 0) is 85.2 Å². The molecule has 0 amide bonds. The molecule has 0 spiro atoms.